The zero-order valence-electron chi connectivity index (χ0n) is 16.2. The van der Waals surface area contributed by atoms with Crippen molar-refractivity contribution in [1.82, 2.24) is 19.1 Å². The van der Waals surface area contributed by atoms with Gasteiger partial charge in [0, 0.05) is 18.3 Å². The molecule has 0 fully saturated rings. The Kier molecular flexibility index (Phi) is 4.84. The fourth-order valence-corrected chi connectivity index (χ4v) is 5.73. The van der Waals surface area contributed by atoms with Gasteiger partial charge in [-0.1, -0.05) is 30.3 Å². The third kappa shape index (κ3) is 3.42. The normalized spacial score (nSPS) is 14.7. The summed E-state index contributed by atoms with van der Waals surface area (Å²) in [7, 11) is -3.85. The molecule has 3 heterocycles. The van der Waals surface area contributed by atoms with Crippen LogP contribution in [0.1, 0.15) is 22.7 Å². The molecular formula is C21H18N4O4S2. The highest BCUT2D eigenvalue weighted by molar-refractivity contribution is 7.89. The summed E-state index contributed by atoms with van der Waals surface area (Å²) >= 11 is 1.37. The molecule has 158 valence electrons. The number of fused-ring (bicyclic) bond motifs is 2. The Morgan fingerprint density at radius 2 is 1.97 bits per heavy atom. The van der Waals surface area contributed by atoms with E-state index >= 15 is 0 Å². The molecule has 0 radical (unpaired) electrons. The summed E-state index contributed by atoms with van der Waals surface area (Å²) in [4.78, 5) is 18.9. The number of carbonyl (C=O) groups is 1. The summed E-state index contributed by atoms with van der Waals surface area (Å²) in [6, 6.07) is 13.9. The molecule has 0 spiro atoms. The van der Waals surface area contributed by atoms with Crippen molar-refractivity contribution in [2.24, 2.45) is 0 Å². The van der Waals surface area contributed by atoms with Gasteiger partial charge in [0.2, 0.25) is 5.91 Å². The first-order chi connectivity index (χ1) is 15.0. The number of carbonyl (C=O) groups excluding carboxylic acids is 1. The van der Waals surface area contributed by atoms with Gasteiger partial charge in [-0.05, 0) is 23.8 Å². The molecule has 10 heteroatoms. The maximum Gasteiger partial charge on any atom is 0.283 e. The molecule has 8 nitrogen and oxygen atoms in total. The highest BCUT2D eigenvalue weighted by atomic mass is 32.2. The average Bonchev–Trinajstić information content (AvgIpc) is 3.49. The highest BCUT2D eigenvalue weighted by Crippen LogP contribution is 2.28. The van der Waals surface area contributed by atoms with Crippen LogP contribution in [-0.4, -0.2) is 45.1 Å². The van der Waals surface area contributed by atoms with Gasteiger partial charge in [0.15, 0.2) is 0 Å². The van der Waals surface area contributed by atoms with Crippen LogP contribution in [0.15, 0.2) is 65.1 Å². The van der Waals surface area contributed by atoms with Gasteiger partial charge < -0.3 is 10.0 Å². The van der Waals surface area contributed by atoms with Crippen LogP contribution in [-0.2, 0) is 27.9 Å². The smallest absolute Gasteiger partial charge is 0.283 e. The summed E-state index contributed by atoms with van der Waals surface area (Å²) in [6.07, 6.45) is 1.46. The van der Waals surface area contributed by atoms with Crippen LogP contribution >= 0.6 is 11.3 Å². The molecule has 1 N–H and O–H groups in total. The van der Waals surface area contributed by atoms with Crippen LogP contribution in [0, 0.1) is 0 Å². The second-order valence-electron chi connectivity index (χ2n) is 7.30. The van der Waals surface area contributed by atoms with Gasteiger partial charge in [-0.3, -0.25) is 4.79 Å². The molecule has 0 aliphatic carbocycles. The van der Waals surface area contributed by atoms with Crippen LogP contribution in [0.25, 0.3) is 10.2 Å². The van der Waals surface area contributed by atoms with E-state index in [-0.39, 0.29) is 30.5 Å². The number of aliphatic hydroxyl groups excluding tert-OH is 1. The molecule has 1 aliphatic rings. The van der Waals surface area contributed by atoms with E-state index in [1.54, 1.807) is 34.7 Å². The molecule has 0 bridgehead atoms. The number of aliphatic hydroxyl groups is 1. The van der Waals surface area contributed by atoms with Crippen molar-refractivity contribution in [3.05, 3.63) is 77.1 Å². The van der Waals surface area contributed by atoms with Gasteiger partial charge >= 0.3 is 0 Å². The first-order valence-electron chi connectivity index (χ1n) is 9.58. The number of aromatic nitrogens is 3. The van der Waals surface area contributed by atoms with Gasteiger partial charge in [0.1, 0.15) is 0 Å². The molecule has 0 saturated carbocycles. The van der Waals surface area contributed by atoms with Gasteiger partial charge in [-0.2, -0.15) is 17.6 Å². The van der Waals surface area contributed by atoms with Crippen molar-refractivity contribution in [3.63, 3.8) is 0 Å². The monoisotopic (exact) mass is 454 g/mol. The van der Waals surface area contributed by atoms with Gasteiger partial charge in [-0.15, -0.1) is 11.3 Å². The number of hydrogen-bond acceptors (Lipinski definition) is 7. The molecular weight excluding hydrogens is 436 g/mol. The highest BCUT2D eigenvalue weighted by Gasteiger charge is 2.33. The lowest BCUT2D eigenvalue weighted by Gasteiger charge is -2.22. The largest absolute Gasteiger partial charge is 0.395 e. The van der Waals surface area contributed by atoms with Gasteiger partial charge in [-0.25, -0.2) is 4.98 Å². The Hall–Kier alpha value is -3.08. The van der Waals surface area contributed by atoms with E-state index in [1.807, 2.05) is 18.2 Å². The predicted molar refractivity (Wildman–Crippen MR) is 115 cm³/mol. The SMILES string of the molecule is O=C([C@H](CO)c1ccccc1)N1Cc2cn(S(=O)(=O)c3ccc4ncsc4c3)nc2C1. The second kappa shape index (κ2) is 7.56. The summed E-state index contributed by atoms with van der Waals surface area (Å²) in [5.74, 6) is -0.871. The summed E-state index contributed by atoms with van der Waals surface area (Å²) in [6.45, 7) is 0.153. The molecule has 1 aliphatic heterocycles. The Morgan fingerprint density at radius 1 is 1.16 bits per heavy atom. The number of nitrogens with zero attached hydrogens (tertiary/aromatic N) is 4. The fraction of sp³-hybridized carbons (Fsp3) is 0.190. The maximum absolute atomic E-state index is 13.0. The minimum atomic E-state index is -3.85. The van der Waals surface area contributed by atoms with Crippen LogP contribution in [0.2, 0.25) is 0 Å². The topological polar surface area (TPSA) is 105 Å². The van der Waals surface area contributed by atoms with E-state index in [4.69, 9.17) is 0 Å². The predicted octanol–water partition coefficient (Wildman–Crippen LogP) is 2.35. The lowest BCUT2D eigenvalue weighted by molar-refractivity contribution is -0.134. The van der Waals surface area contributed by atoms with Crippen LogP contribution < -0.4 is 0 Å². The summed E-state index contributed by atoms with van der Waals surface area (Å²) < 4.78 is 27.8. The fourth-order valence-electron chi connectivity index (χ4n) is 3.74. The minimum Gasteiger partial charge on any atom is -0.395 e. The third-order valence-corrected chi connectivity index (χ3v) is 7.72. The van der Waals surface area contributed by atoms with Gasteiger partial charge in [0.25, 0.3) is 10.0 Å². The van der Waals surface area contributed by atoms with Gasteiger partial charge in [0.05, 0.1) is 45.4 Å². The van der Waals surface area contributed by atoms with Crippen molar-refractivity contribution in [2.45, 2.75) is 23.9 Å². The number of thiazole rings is 1. The second-order valence-corrected chi connectivity index (χ2v) is 9.98. The molecule has 4 aromatic rings. The minimum absolute atomic E-state index is 0.141. The zero-order chi connectivity index (χ0) is 21.6. The molecule has 0 unspecified atom stereocenters. The van der Waals surface area contributed by atoms with E-state index < -0.39 is 15.9 Å². The summed E-state index contributed by atoms with van der Waals surface area (Å²) in [5.41, 5.74) is 4.38. The van der Waals surface area contributed by atoms with E-state index in [1.165, 1.54) is 23.6 Å². The molecule has 1 amide bonds. The number of amides is 1. The van der Waals surface area contributed by atoms with E-state index in [0.29, 0.717) is 11.3 Å². The Balaban J connectivity index is 1.38. The van der Waals surface area contributed by atoms with Crippen molar-refractivity contribution in [1.29, 1.82) is 0 Å². The van der Waals surface area contributed by atoms with Crippen molar-refractivity contribution >= 4 is 37.5 Å². The van der Waals surface area contributed by atoms with Crippen LogP contribution in [0.3, 0.4) is 0 Å². The first kappa shape index (κ1) is 19.9. The number of benzene rings is 2. The molecule has 2 aromatic heterocycles. The van der Waals surface area contributed by atoms with Crippen molar-refractivity contribution < 1.29 is 18.3 Å². The van der Waals surface area contributed by atoms with Crippen molar-refractivity contribution in [3.8, 4) is 0 Å². The quantitative estimate of drug-likeness (QED) is 0.496. The Labute approximate surface area is 182 Å². The van der Waals surface area contributed by atoms with E-state index in [2.05, 4.69) is 10.1 Å². The lowest BCUT2D eigenvalue weighted by Crippen LogP contribution is -2.33. The van der Waals surface area contributed by atoms with Crippen LogP contribution in [0.5, 0.6) is 0 Å². The molecule has 0 saturated heterocycles. The van der Waals surface area contributed by atoms with Crippen LogP contribution in [0.4, 0.5) is 0 Å². The zero-order valence-corrected chi connectivity index (χ0v) is 17.9. The van der Waals surface area contributed by atoms with E-state index in [0.717, 1.165) is 19.9 Å². The molecule has 1 atom stereocenters. The lowest BCUT2D eigenvalue weighted by atomic mass is 9.98. The summed E-state index contributed by atoms with van der Waals surface area (Å²) in [5, 5.41) is 14.0. The number of rotatable bonds is 5. The average molecular weight is 455 g/mol. The van der Waals surface area contributed by atoms with E-state index in [9.17, 15) is 18.3 Å². The maximum atomic E-state index is 13.0. The standard InChI is InChI=1S/C21H18N4O4S2/c26-12-17(14-4-2-1-3-5-14)21(27)24-9-15-10-25(23-19(15)11-24)31(28,29)16-6-7-18-20(8-16)30-13-22-18/h1-8,10,13,17,26H,9,11-12H2/t17-/m1/s1. The Morgan fingerprint density at radius 3 is 2.71 bits per heavy atom. The Bertz CT molecular complexity index is 1360. The first-order valence-corrected chi connectivity index (χ1v) is 11.9. The number of hydrogen-bond donors (Lipinski definition) is 1. The molecule has 2 aromatic carbocycles. The third-order valence-electron chi connectivity index (χ3n) is 5.40. The molecule has 5 rings (SSSR count). The van der Waals surface area contributed by atoms with Crippen molar-refractivity contribution in [2.75, 3.05) is 6.61 Å². The molecule has 31 heavy (non-hydrogen) atoms.